The van der Waals surface area contributed by atoms with Crippen molar-refractivity contribution in [3.63, 3.8) is 0 Å². The molecule has 0 spiro atoms. The molecule has 2 rings (SSSR count). The third kappa shape index (κ3) is 2.43. The first-order valence-electron chi connectivity index (χ1n) is 4.55. The van der Waals surface area contributed by atoms with Crippen molar-refractivity contribution in [1.82, 2.24) is 9.97 Å². The molecule has 0 saturated heterocycles. The summed E-state index contributed by atoms with van der Waals surface area (Å²) in [5.41, 5.74) is 0.460. The number of H-pyrrole nitrogens is 1. The Morgan fingerprint density at radius 3 is 2.80 bits per heavy atom. The lowest BCUT2D eigenvalue weighted by molar-refractivity contribution is 0.111. The number of carbonyl (C=O) groups is 1. The number of nitrogens with zero attached hydrogens (tertiary/aromatic N) is 1. The number of nitrogens with one attached hydrogen (secondary N) is 1. The van der Waals surface area contributed by atoms with Crippen molar-refractivity contribution in [1.29, 1.82) is 0 Å². The number of ether oxygens (including phenoxy) is 1. The van der Waals surface area contributed by atoms with Gasteiger partial charge in [-0.3, -0.25) is 4.79 Å². The fourth-order valence-corrected chi connectivity index (χ4v) is 1.18. The third-order valence-electron chi connectivity index (χ3n) is 1.89. The summed E-state index contributed by atoms with van der Waals surface area (Å²) >= 11 is 0. The smallest absolute Gasteiger partial charge is 0.167 e. The van der Waals surface area contributed by atoms with Gasteiger partial charge in [0.2, 0.25) is 0 Å². The number of hydrogen-bond acceptors (Lipinski definition) is 3. The van der Waals surface area contributed by atoms with Gasteiger partial charge in [0.25, 0.3) is 0 Å². The van der Waals surface area contributed by atoms with Crippen LogP contribution < -0.4 is 4.74 Å². The highest BCUT2D eigenvalue weighted by atomic mass is 16.5. The van der Waals surface area contributed by atoms with Crippen LogP contribution in [0.1, 0.15) is 16.3 Å². The molecular formula is C11H10N2O2. The van der Waals surface area contributed by atoms with Crippen molar-refractivity contribution in [2.75, 3.05) is 0 Å². The number of carbonyl (C=O) groups excluding carboxylic acids is 1. The fourth-order valence-electron chi connectivity index (χ4n) is 1.18. The summed E-state index contributed by atoms with van der Waals surface area (Å²) in [4.78, 5) is 17.2. The van der Waals surface area contributed by atoms with Gasteiger partial charge in [-0.25, -0.2) is 4.98 Å². The molecule has 1 heterocycles. The van der Waals surface area contributed by atoms with Crippen LogP contribution in [0.2, 0.25) is 0 Å². The van der Waals surface area contributed by atoms with E-state index in [4.69, 9.17) is 4.74 Å². The Balaban J connectivity index is 1.96. The minimum atomic E-state index is 0.331. The maximum atomic E-state index is 10.4. The van der Waals surface area contributed by atoms with Crippen LogP contribution in [0.5, 0.6) is 5.75 Å². The largest absolute Gasteiger partial charge is 0.486 e. The number of benzene rings is 1. The number of aldehydes is 1. The number of aromatic amines is 1. The Labute approximate surface area is 86.9 Å². The van der Waals surface area contributed by atoms with Crippen molar-refractivity contribution in [3.05, 3.63) is 48.0 Å². The van der Waals surface area contributed by atoms with Crippen LogP contribution in [-0.2, 0) is 6.61 Å². The SMILES string of the molecule is O=Cc1cnc(COc2ccccc2)[nH]1. The Kier molecular flexibility index (Phi) is 2.78. The molecule has 0 amide bonds. The van der Waals surface area contributed by atoms with Crippen LogP contribution in [0, 0.1) is 0 Å². The second kappa shape index (κ2) is 4.41. The first-order chi connectivity index (χ1) is 7.38. The number of hydrogen-bond donors (Lipinski definition) is 1. The van der Waals surface area contributed by atoms with Crippen LogP contribution in [-0.4, -0.2) is 16.3 Å². The van der Waals surface area contributed by atoms with Crippen LogP contribution in [0.15, 0.2) is 36.5 Å². The molecule has 0 radical (unpaired) electrons. The standard InChI is InChI=1S/C11H10N2O2/c14-7-9-6-12-11(13-9)8-15-10-4-2-1-3-5-10/h1-7H,8H2,(H,12,13). The van der Waals surface area contributed by atoms with Crippen molar-refractivity contribution < 1.29 is 9.53 Å². The number of aromatic nitrogens is 2. The molecule has 0 saturated carbocycles. The zero-order valence-electron chi connectivity index (χ0n) is 8.01. The van der Waals surface area contributed by atoms with Gasteiger partial charge in [-0.1, -0.05) is 18.2 Å². The van der Waals surface area contributed by atoms with Gasteiger partial charge in [0.05, 0.1) is 11.9 Å². The van der Waals surface area contributed by atoms with E-state index in [1.807, 2.05) is 30.3 Å². The fraction of sp³-hybridized carbons (Fsp3) is 0.0909. The van der Waals surface area contributed by atoms with Crippen molar-refractivity contribution in [3.8, 4) is 5.75 Å². The second-order valence-corrected chi connectivity index (χ2v) is 3.00. The highest BCUT2D eigenvalue weighted by molar-refractivity contribution is 5.71. The molecule has 15 heavy (non-hydrogen) atoms. The highest BCUT2D eigenvalue weighted by Gasteiger charge is 1.99. The van der Waals surface area contributed by atoms with Crippen LogP contribution in [0.4, 0.5) is 0 Å². The van der Waals surface area contributed by atoms with E-state index in [-0.39, 0.29) is 0 Å². The molecule has 2 aromatic rings. The van der Waals surface area contributed by atoms with Gasteiger partial charge in [-0.05, 0) is 12.1 Å². The number of para-hydroxylation sites is 1. The van der Waals surface area contributed by atoms with Gasteiger partial charge >= 0.3 is 0 Å². The molecule has 4 heteroatoms. The van der Waals surface area contributed by atoms with Gasteiger partial charge in [-0.2, -0.15) is 0 Å². The third-order valence-corrected chi connectivity index (χ3v) is 1.89. The Morgan fingerprint density at radius 2 is 2.13 bits per heavy atom. The Morgan fingerprint density at radius 1 is 1.33 bits per heavy atom. The Bertz CT molecular complexity index is 437. The lowest BCUT2D eigenvalue weighted by Crippen LogP contribution is -1.97. The average Bonchev–Trinajstić information content (AvgIpc) is 2.76. The molecule has 0 unspecified atom stereocenters. The summed E-state index contributed by atoms with van der Waals surface area (Å²) in [6, 6.07) is 9.44. The summed E-state index contributed by atoms with van der Waals surface area (Å²) in [5, 5.41) is 0. The molecule has 0 bridgehead atoms. The highest BCUT2D eigenvalue weighted by Crippen LogP contribution is 2.09. The van der Waals surface area contributed by atoms with Gasteiger partial charge in [0, 0.05) is 0 Å². The van der Waals surface area contributed by atoms with E-state index in [0.29, 0.717) is 18.1 Å². The molecule has 1 aromatic heterocycles. The lowest BCUT2D eigenvalue weighted by Gasteiger charge is -2.02. The summed E-state index contributed by atoms with van der Waals surface area (Å²) in [5.74, 6) is 1.42. The van der Waals surface area contributed by atoms with E-state index in [2.05, 4.69) is 9.97 Å². The second-order valence-electron chi connectivity index (χ2n) is 3.00. The summed E-state index contributed by atoms with van der Waals surface area (Å²) in [6.45, 7) is 0.331. The monoisotopic (exact) mass is 202 g/mol. The normalized spacial score (nSPS) is 9.87. The van der Waals surface area contributed by atoms with Gasteiger partial charge in [0.1, 0.15) is 18.2 Å². The molecule has 0 fully saturated rings. The predicted molar refractivity (Wildman–Crippen MR) is 54.7 cm³/mol. The van der Waals surface area contributed by atoms with Crippen molar-refractivity contribution in [2.24, 2.45) is 0 Å². The number of imidazole rings is 1. The quantitative estimate of drug-likeness (QED) is 0.769. The molecule has 1 aromatic carbocycles. The van der Waals surface area contributed by atoms with Gasteiger partial charge in [0.15, 0.2) is 6.29 Å². The van der Waals surface area contributed by atoms with Crippen LogP contribution in [0.25, 0.3) is 0 Å². The molecule has 0 aliphatic heterocycles. The molecule has 76 valence electrons. The molecule has 4 nitrogen and oxygen atoms in total. The van der Waals surface area contributed by atoms with E-state index in [9.17, 15) is 4.79 Å². The average molecular weight is 202 g/mol. The van der Waals surface area contributed by atoms with Crippen LogP contribution in [0.3, 0.4) is 0 Å². The number of rotatable bonds is 4. The van der Waals surface area contributed by atoms with Crippen LogP contribution >= 0.6 is 0 Å². The Hall–Kier alpha value is -2.10. The molecule has 0 aliphatic carbocycles. The zero-order chi connectivity index (χ0) is 10.5. The minimum absolute atomic E-state index is 0.331. The van der Waals surface area contributed by atoms with Gasteiger partial charge in [-0.15, -0.1) is 0 Å². The molecular weight excluding hydrogens is 192 g/mol. The van der Waals surface area contributed by atoms with Gasteiger partial charge < -0.3 is 9.72 Å². The predicted octanol–water partition coefficient (Wildman–Crippen LogP) is 1.80. The van der Waals surface area contributed by atoms with Crippen molar-refractivity contribution >= 4 is 6.29 Å². The first-order valence-corrected chi connectivity index (χ1v) is 4.55. The minimum Gasteiger partial charge on any atom is -0.486 e. The molecule has 1 N–H and O–H groups in total. The van der Waals surface area contributed by atoms with E-state index in [1.165, 1.54) is 6.20 Å². The zero-order valence-corrected chi connectivity index (χ0v) is 8.01. The topological polar surface area (TPSA) is 55.0 Å². The lowest BCUT2D eigenvalue weighted by atomic mass is 10.3. The maximum absolute atomic E-state index is 10.4. The van der Waals surface area contributed by atoms with E-state index in [0.717, 1.165) is 12.0 Å². The van der Waals surface area contributed by atoms with E-state index >= 15 is 0 Å². The first kappa shape index (κ1) is 9.45. The van der Waals surface area contributed by atoms with E-state index < -0.39 is 0 Å². The van der Waals surface area contributed by atoms with E-state index in [1.54, 1.807) is 0 Å². The molecule has 0 atom stereocenters. The summed E-state index contributed by atoms with van der Waals surface area (Å²) < 4.78 is 5.44. The maximum Gasteiger partial charge on any atom is 0.167 e. The summed E-state index contributed by atoms with van der Waals surface area (Å²) in [7, 11) is 0. The summed E-state index contributed by atoms with van der Waals surface area (Å²) in [6.07, 6.45) is 2.20. The molecule has 0 aliphatic rings. The van der Waals surface area contributed by atoms with Crippen molar-refractivity contribution in [2.45, 2.75) is 6.61 Å².